The Morgan fingerprint density at radius 2 is 2.28 bits per heavy atom. The third-order valence-corrected chi connectivity index (χ3v) is 4.28. The molecule has 5 nitrogen and oxygen atoms in total. The number of sulfonamides is 1. The van der Waals surface area contributed by atoms with Crippen LogP contribution in [0.5, 0.6) is 5.75 Å². The highest BCUT2D eigenvalue weighted by Crippen LogP contribution is 2.31. The van der Waals surface area contributed by atoms with Crippen LogP contribution >= 0.6 is 0 Å². The summed E-state index contributed by atoms with van der Waals surface area (Å²) in [6.45, 7) is 1.07. The van der Waals surface area contributed by atoms with Crippen molar-refractivity contribution in [2.45, 2.75) is 25.3 Å². The minimum absolute atomic E-state index is 0.302. The molecule has 1 atom stereocenters. The smallest absolute Gasteiger partial charge is 0.268 e. The molecule has 1 aromatic rings. The molecule has 0 spiro atoms. The van der Waals surface area contributed by atoms with E-state index in [2.05, 4.69) is 10.0 Å². The maximum Gasteiger partial charge on any atom is 0.268 e. The number of ether oxygens (including phenoxy) is 1. The van der Waals surface area contributed by atoms with Crippen molar-refractivity contribution in [1.29, 1.82) is 0 Å². The van der Waals surface area contributed by atoms with E-state index in [0.717, 1.165) is 18.5 Å². The van der Waals surface area contributed by atoms with Gasteiger partial charge in [-0.2, -0.15) is 0 Å². The lowest BCUT2D eigenvalue weighted by Gasteiger charge is -2.20. The number of benzene rings is 1. The lowest BCUT2D eigenvalue weighted by molar-refractivity contribution is 0.374. The van der Waals surface area contributed by atoms with E-state index in [9.17, 15) is 8.42 Å². The number of hydrogen-bond donors (Lipinski definition) is 2. The predicted octanol–water partition coefficient (Wildman–Crippen LogP) is 1.07. The summed E-state index contributed by atoms with van der Waals surface area (Å²) < 4.78 is 30.6. The van der Waals surface area contributed by atoms with Crippen LogP contribution in [0.2, 0.25) is 0 Å². The molecule has 0 radical (unpaired) electrons. The zero-order chi connectivity index (χ0) is 12.6. The highest BCUT2D eigenvalue weighted by molar-refractivity contribution is 7.92. The van der Waals surface area contributed by atoms with Gasteiger partial charge in [0, 0.05) is 6.04 Å². The normalized spacial score (nSPS) is 25.0. The molecule has 1 unspecified atom stereocenters. The number of anilines is 1. The average Bonchev–Trinajstić information content (AvgIpc) is 2.80. The van der Waals surface area contributed by atoms with Gasteiger partial charge < -0.3 is 10.1 Å². The first-order valence-electron chi connectivity index (χ1n) is 6.12. The zero-order valence-electron chi connectivity index (χ0n) is 9.98. The fourth-order valence-corrected chi connectivity index (χ4v) is 3.30. The Hall–Kier alpha value is -1.27. The number of nitrogens with one attached hydrogen (secondary N) is 2. The molecule has 98 valence electrons. The molecular weight excluding hydrogens is 252 g/mol. The molecule has 1 saturated heterocycles. The van der Waals surface area contributed by atoms with Gasteiger partial charge in [-0.1, -0.05) is 6.07 Å². The number of hydrogen-bond acceptors (Lipinski definition) is 4. The lowest BCUT2D eigenvalue weighted by atomic mass is 10.0. The van der Waals surface area contributed by atoms with Crippen LogP contribution in [0.3, 0.4) is 0 Å². The third-order valence-electron chi connectivity index (χ3n) is 3.32. The summed E-state index contributed by atoms with van der Waals surface area (Å²) in [5, 5.41) is 3.43. The molecule has 1 aromatic carbocycles. The second kappa shape index (κ2) is 4.44. The van der Waals surface area contributed by atoms with Crippen molar-refractivity contribution < 1.29 is 13.2 Å². The second-order valence-corrected chi connectivity index (χ2v) is 6.48. The van der Waals surface area contributed by atoms with Gasteiger partial charge in [-0.05, 0) is 43.5 Å². The SMILES string of the molecule is O=S1(=O)COc2ccc(CC3CCCN3)cc2N1. The monoisotopic (exact) mass is 268 g/mol. The van der Waals surface area contributed by atoms with Crippen molar-refractivity contribution in [2.24, 2.45) is 0 Å². The maximum atomic E-state index is 11.4. The second-order valence-electron chi connectivity index (χ2n) is 4.81. The van der Waals surface area contributed by atoms with Gasteiger partial charge in [0.05, 0.1) is 5.69 Å². The molecule has 18 heavy (non-hydrogen) atoms. The van der Waals surface area contributed by atoms with Crippen LogP contribution in [0.15, 0.2) is 18.2 Å². The molecule has 3 rings (SSSR count). The molecule has 2 N–H and O–H groups in total. The summed E-state index contributed by atoms with van der Waals surface area (Å²) in [4.78, 5) is 0. The van der Waals surface area contributed by atoms with E-state index in [1.807, 2.05) is 18.2 Å². The highest BCUT2D eigenvalue weighted by atomic mass is 32.2. The molecule has 0 aromatic heterocycles. The predicted molar refractivity (Wildman–Crippen MR) is 69.2 cm³/mol. The van der Waals surface area contributed by atoms with Crippen LogP contribution in [-0.2, 0) is 16.4 Å². The van der Waals surface area contributed by atoms with Crippen LogP contribution in [0.1, 0.15) is 18.4 Å². The van der Waals surface area contributed by atoms with Crippen LogP contribution in [0.25, 0.3) is 0 Å². The van der Waals surface area contributed by atoms with Crippen molar-refractivity contribution in [3.05, 3.63) is 23.8 Å². The number of rotatable bonds is 2. The van der Waals surface area contributed by atoms with E-state index in [0.29, 0.717) is 17.5 Å². The standard InChI is InChI=1S/C12H16N2O3S/c15-18(16)8-17-12-4-3-9(7-11(12)14-18)6-10-2-1-5-13-10/h3-4,7,10,13-14H,1-2,5-6,8H2. The van der Waals surface area contributed by atoms with Crippen LogP contribution in [0.4, 0.5) is 5.69 Å². The Balaban J connectivity index is 1.81. The van der Waals surface area contributed by atoms with E-state index in [1.54, 1.807) is 0 Å². The molecule has 0 amide bonds. The van der Waals surface area contributed by atoms with Crippen LogP contribution in [0, 0.1) is 0 Å². The molecule has 2 heterocycles. The van der Waals surface area contributed by atoms with E-state index in [4.69, 9.17) is 4.74 Å². The minimum atomic E-state index is -3.33. The summed E-state index contributed by atoms with van der Waals surface area (Å²) in [7, 11) is -3.33. The average molecular weight is 268 g/mol. The van der Waals surface area contributed by atoms with Gasteiger partial charge in [0.15, 0.2) is 0 Å². The zero-order valence-corrected chi connectivity index (χ0v) is 10.8. The summed E-state index contributed by atoms with van der Waals surface area (Å²) in [5.74, 6) is 0.303. The molecule has 2 aliphatic rings. The first-order valence-corrected chi connectivity index (χ1v) is 7.77. The van der Waals surface area contributed by atoms with Gasteiger partial charge in [0.1, 0.15) is 5.75 Å². The summed E-state index contributed by atoms with van der Waals surface area (Å²) in [6, 6.07) is 6.20. The lowest BCUT2D eigenvalue weighted by Crippen LogP contribution is -2.26. The van der Waals surface area contributed by atoms with Gasteiger partial charge >= 0.3 is 0 Å². The van der Waals surface area contributed by atoms with Crippen molar-refractivity contribution >= 4 is 15.7 Å². The first kappa shape index (κ1) is 11.8. The molecule has 6 heteroatoms. The Labute approximate surface area is 107 Å². The van der Waals surface area contributed by atoms with Gasteiger partial charge in [0.2, 0.25) is 5.94 Å². The highest BCUT2D eigenvalue weighted by Gasteiger charge is 2.22. The van der Waals surface area contributed by atoms with Crippen molar-refractivity contribution in [1.82, 2.24) is 5.32 Å². The summed E-state index contributed by atoms with van der Waals surface area (Å²) in [5.41, 5.74) is 1.68. The molecule has 1 fully saturated rings. The summed E-state index contributed by atoms with van der Waals surface area (Å²) in [6.07, 6.45) is 3.32. The Morgan fingerprint density at radius 3 is 3.06 bits per heavy atom. The van der Waals surface area contributed by atoms with Gasteiger partial charge in [-0.15, -0.1) is 0 Å². The van der Waals surface area contributed by atoms with Gasteiger partial charge in [-0.3, -0.25) is 4.72 Å². The van der Waals surface area contributed by atoms with Crippen LogP contribution < -0.4 is 14.8 Å². The number of fused-ring (bicyclic) bond motifs is 1. The third kappa shape index (κ3) is 2.44. The quantitative estimate of drug-likeness (QED) is 0.842. The molecular formula is C12H16N2O3S. The van der Waals surface area contributed by atoms with E-state index in [1.165, 1.54) is 12.8 Å². The van der Waals surface area contributed by atoms with E-state index >= 15 is 0 Å². The Kier molecular flexibility index (Phi) is 2.91. The fourth-order valence-electron chi connectivity index (χ4n) is 2.46. The minimum Gasteiger partial charge on any atom is -0.474 e. The fraction of sp³-hybridized carbons (Fsp3) is 0.500. The maximum absolute atomic E-state index is 11.4. The topological polar surface area (TPSA) is 67.4 Å². The van der Waals surface area contributed by atoms with Gasteiger partial charge in [0.25, 0.3) is 10.0 Å². The molecule has 0 saturated carbocycles. The Bertz CT molecular complexity index is 550. The van der Waals surface area contributed by atoms with E-state index in [-0.39, 0.29) is 5.94 Å². The largest absolute Gasteiger partial charge is 0.474 e. The van der Waals surface area contributed by atoms with E-state index < -0.39 is 10.0 Å². The van der Waals surface area contributed by atoms with Crippen molar-refractivity contribution in [3.8, 4) is 5.75 Å². The molecule has 0 bridgehead atoms. The summed E-state index contributed by atoms with van der Waals surface area (Å²) >= 11 is 0. The van der Waals surface area contributed by atoms with Crippen LogP contribution in [-0.4, -0.2) is 26.9 Å². The molecule has 2 aliphatic heterocycles. The first-order chi connectivity index (χ1) is 8.62. The van der Waals surface area contributed by atoms with Crippen molar-refractivity contribution in [3.63, 3.8) is 0 Å². The van der Waals surface area contributed by atoms with Crippen molar-refractivity contribution in [2.75, 3.05) is 17.2 Å². The molecule has 0 aliphatic carbocycles. The Morgan fingerprint density at radius 1 is 1.39 bits per heavy atom. The van der Waals surface area contributed by atoms with Gasteiger partial charge in [-0.25, -0.2) is 8.42 Å².